The van der Waals surface area contributed by atoms with Gasteiger partial charge in [0.2, 0.25) is 10.0 Å². The SMILES string of the molecule is COC1CCC(NS(=O)(=O)c2cc(N)ccc2C)C1. The van der Waals surface area contributed by atoms with E-state index in [1.807, 2.05) is 0 Å². The van der Waals surface area contributed by atoms with Crippen LogP contribution in [0.4, 0.5) is 5.69 Å². The smallest absolute Gasteiger partial charge is 0.241 e. The van der Waals surface area contributed by atoms with Crippen LogP contribution in [0.25, 0.3) is 0 Å². The average molecular weight is 284 g/mol. The van der Waals surface area contributed by atoms with Gasteiger partial charge in [-0.25, -0.2) is 13.1 Å². The summed E-state index contributed by atoms with van der Waals surface area (Å²) in [5.41, 5.74) is 6.81. The fraction of sp³-hybridized carbons (Fsp3) is 0.538. The third-order valence-corrected chi connectivity index (χ3v) is 5.20. The fourth-order valence-electron chi connectivity index (χ4n) is 2.45. The van der Waals surface area contributed by atoms with Crippen molar-refractivity contribution in [3.63, 3.8) is 0 Å². The van der Waals surface area contributed by atoms with Crippen LogP contribution >= 0.6 is 0 Å². The van der Waals surface area contributed by atoms with Crippen LogP contribution in [0.15, 0.2) is 23.1 Å². The molecule has 0 saturated heterocycles. The van der Waals surface area contributed by atoms with Crippen molar-refractivity contribution < 1.29 is 13.2 Å². The molecule has 1 aliphatic carbocycles. The third kappa shape index (κ3) is 3.26. The number of hydrogen-bond donors (Lipinski definition) is 2. The second kappa shape index (κ2) is 5.48. The van der Waals surface area contributed by atoms with Crippen LogP contribution in [-0.4, -0.2) is 27.7 Å². The van der Waals surface area contributed by atoms with E-state index in [-0.39, 0.29) is 17.0 Å². The zero-order chi connectivity index (χ0) is 14.0. The maximum Gasteiger partial charge on any atom is 0.241 e. The quantitative estimate of drug-likeness (QED) is 0.819. The summed E-state index contributed by atoms with van der Waals surface area (Å²) < 4.78 is 32.7. The molecule has 1 saturated carbocycles. The zero-order valence-corrected chi connectivity index (χ0v) is 12.0. The molecule has 0 spiro atoms. The van der Waals surface area contributed by atoms with Crippen LogP contribution in [0.2, 0.25) is 0 Å². The van der Waals surface area contributed by atoms with Gasteiger partial charge >= 0.3 is 0 Å². The molecular formula is C13H20N2O3S. The highest BCUT2D eigenvalue weighted by Gasteiger charge is 2.29. The van der Waals surface area contributed by atoms with Crippen LogP contribution < -0.4 is 10.5 Å². The van der Waals surface area contributed by atoms with Gasteiger partial charge in [-0.1, -0.05) is 6.07 Å². The highest BCUT2D eigenvalue weighted by Crippen LogP contribution is 2.24. The zero-order valence-electron chi connectivity index (χ0n) is 11.2. The first-order chi connectivity index (χ1) is 8.92. The lowest BCUT2D eigenvalue weighted by Crippen LogP contribution is -2.33. The van der Waals surface area contributed by atoms with Crippen molar-refractivity contribution in [3.8, 4) is 0 Å². The van der Waals surface area contributed by atoms with Gasteiger partial charge in [0.1, 0.15) is 0 Å². The molecule has 5 nitrogen and oxygen atoms in total. The van der Waals surface area contributed by atoms with Crippen molar-refractivity contribution in [2.45, 2.75) is 43.2 Å². The Hall–Kier alpha value is -1.11. The Labute approximate surface area is 114 Å². The minimum atomic E-state index is -3.51. The topological polar surface area (TPSA) is 81.4 Å². The minimum absolute atomic E-state index is 0.0595. The van der Waals surface area contributed by atoms with E-state index in [0.717, 1.165) is 19.3 Å². The molecule has 0 radical (unpaired) electrons. The number of anilines is 1. The number of methoxy groups -OCH3 is 1. The maximum atomic E-state index is 12.3. The van der Waals surface area contributed by atoms with Gasteiger partial charge in [0.05, 0.1) is 11.0 Å². The van der Waals surface area contributed by atoms with Crippen molar-refractivity contribution in [2.24, 2.45) is 0 Å². The molecule has 106 valence electrons. The highest BCUT2D eigenvalue weighted by molar-refractivity contribution is 7.89. The number of nitrogens with two attached hydrogens (primary N) is 1. The molecule has 1 aromatic carbocycles. The standard InChI is InChI=1S/C13H20N2O3S/c1-9-3-4-10(14)7-13(9)19(16,17)15-11-5-6-12(8-11)18-2/h3-4,7,11-12,15H,5-6,8,14H2,1-2H3. The van der Waals surface area contributed by atoms with Crippen molar-refractivity contribution >= 4 is 15.7 Å². The fourth-order valence-corrected chi connectivity index (χ4v) is 4.01. The largest absolute Gasteiger partial charge is 0.399 e. The second-order valence-corrected chi connectivity index (χ2v) is 6.70. The van der Waals surface area contributed by atoms with Gasteiger partial charge in [-0.15, -0.1) is 0 Å². The highest BCUT2D eigenvalue weighted by atomic mass is 32.2. The van der Waals surface area contributed by atoms with E-state index in [2.05, 4.69) is 4.72 Å². The molecule has 2 atom stereocenters. The summed E-state index contributed by atoms with van der Waals surface area (Å²) in [5, 5.41) is 0. The first-order valence-corrected chi connectivity index (χ1v) is 7.82. The summed E-state index contributed by atoms with van der Waals surface area (Å²) in [6, 6.07) is 4.86. The molecule has 1 fully saturated rings. The molecule has 19 heavy (non-hydrogen) atoms. The molecule has 2 unspecified atom stereocenters. The lowest BCUT2D eigenvalue weighted by Gasteiger charge is -2.15. The van der Waals surface area contributed by atoms with E-state index in [1.54, 1.807) is 26.2 Å². The summed E-state index contributed by atoms with van der Waals surface area (Å²) in [6.45, 7) is 1.76. The molecular weight excluding hydrogens is 264 g/mol. The number of rotatable bonds is 4. The predicted octanol–water partition coefficient (Wildman–Crippen LogP) is 1.42. The van der Waals surface area contributed by atoms with Gasteiger partial charge in [0.15, 0.2) is 0 Å². The number of aryl methyl sites for hydroxylation is 1. The van der Waals surface area contributed by atoms with E-state index in [0.29, 0.717) is 11.3 Å². The van der Waals surface area contributed by atoms with Gasteiger partial charge < -0.3 is 10.5 Å². The van der Waals surface area contributed by atoms with E-state index < -0.39 is 10.0 Å². The molecule has 0 aliphatic heterocycles. The molecule has 0 aromatic heterocycles. The summed E-state index contributed by atoms with van der Waals surface area (Å²) in [5.74, 6) is 0. The lowest BCUT2D eigenvalue weighted by molar-refractivity contribution is 0.107. The normalized spacial score (nSPS) is 23.7. The minimum Gasteiger partial charge on any atom is -0.399 e. The van der Waals surface area contributed by atoms with Gasteiger partial charge in [-0.05, 0) is 43.9 Å². The van der Waals surface area contributed by atoms with Crippen molar-refractivity contribution in [3.05, 3.63) is 23.8 Å². The number of sulfonamides is 1. The Morgan fingerprint density at radius 3 is 2.74 bits per heavy atom. The number of nitrogens with one attached hydrogen (secondary N) is 1. The molecule has 6 heteroatoms. The van der Waals surface area contributed by atoms with Crippen molar-refractivity contribution in [1.29, 1.82) is 0 Å². The van der Waals surface area contributed by atoms with Gasteiger partial charge in [-0.3, -0.25) is 0 Å². The number of hydrogen-bond acceptors (Lipinski definition) is 4. The van der Waals surface area contributed by atoms with Crippen LogP contribution in [0, 0.1) is 6.92 Å². The van der Waals surface area contributed by atoms with Gasteiger partial charge in [-0.2, -0.15) is 0 Å². The third-order valence-electron chi connectivity index (χ3n) is 3.54. The summed E-state index contributed by atoms with van der Waals surface area (Å²) >= 11 is 0. The van der Waals surface area contributed by atoms with Crippen molar-refractivity contribution in [2.75, 3.05) is 12.8 Å². The van der Waals surface area contributed by atoms with Gasteiger partial charge in [0.25, 0.3) is 0 Å². The second-order valence-electron chi connectivity index (χ2n) is 5.01. The summed E-state index contributed by atoms with van der Waals surface area (Å²) in [7, 11) is -1.86. The number of ether oxygens (including phenoxy) is 1. The maximum absolute atomic E-state index is 12.3. The monoisotopic (exact) mass is 284 g/mol. The Balaban J connectivity index is 2.17. The molecule has 0 amide bonds. The molecule has 3 N–H and O–H groups in total. The van der Waals surface area contributed by atoms with E-state index in [9.17, 15) is 8.42 Å². The first-order valence-electron chi connectivity index (χ1n) is 6.33. The van der Waals surface area contributed by atoms with Gasteiger partial charge in [0, 0.05) is 18.8 Å². The Bertz CT molecular complexity index is 557. The number of benzene rings is 1. The summed E-state index contributed by atoms with van der Waals surface area (Å²) in [6.07, 6.45) is 2.56. The number of nitrogen functional groups attached to an aromatic ring is 1. The van der Waals surface area contributed by atoms with E-state index in [1.165, 1.54) is 6.07 Å². The molecule has 1 aromatic rings. The van der Waals surface area contributed by atoms with Crippen LogP contribution in [0.5, 0.6) is 0 Å². The average Bonchev–Trinajstić information content (AvgIpc) is 2.79. The Morgan fingerprint density at radius 1 is 1.37 bits per heavy atom. The molecule has 2 rings (SSSR count). The Kier molecular flexibility index (Phi) is 4.13. The van der Waals surface area contributed by atoms with Crippen LogP contribution in [0.1, 0.15) is 24.8 Å². The summed E-state index contributed by atoms with van der Waals surface area (Å²) in [4.78, 5) is 0.258. The van der Waals surface area contributed by atoms with E-state index in [4.69, 9.17) is 10.5 Å². The van der Waals surface area contributed by atoms with Crippen molar-refractivity contribution in [1.82, 2.24) is 4.72 Å². The first kappa shape index (κ1) is 14.3. The lowest BCUT2D eigenvalue weighted by atomic mass is 10.2. The van der Waals surface area contributed by atoms with Crippen LogP contribution in [-0.2, 0) is 14.8 Å². The Morgan fingerprint density at radius 2 is 2.11 bits per heavy atom. The van der Waals surface area contributed by atoms with Crippen LogP contribution in [0.3, 0.4) is 0 Å². The molecule has 1 aliphatic rings. The van der Waals surface area contributed by atoms with E-state index >= 15 is 0 Å². The predicted molar refractivity (Wildman–Crippen MR) is 74.3 cm³/mol. The molecule has 0 bridgehead atoms. The molecule has 0 heterocycles.